The number of rotatable bonds is 10. The molecule has 2 aliphatic rings. The molecule has 15 heteroatoms. The molecule has 9 rings (SSSR count). The molecule has 0 aliphatic carbocycles. The van der Waals surface area contributed by atoms with Gasteiger partial charge in [0, 0.05) is 47.6 Å². The largest absolute Gasteiger partial charge is 0.453 e. The third-order valence-corrected chi connectivity index (χ3v) is 11.8. The van der Waals surface area contributed by atoms with Crippen molar-refractivity contribution in [1.82, 2.24) is 45.4 Å². The summed E-state index contributed by atoms with van der Waals surface area (Å²) in [6.07, 6.45) is 5.35. The van der Waals surface area contributed by atoms with Crippen LogP contribution in [-0.2, 0) is 19.1 Å². The van der Waals surface area contributed by atoms with Crippen LogP contribution in [0.5, 0.6) is 0 Å². The standard InChI is InChI=1S/C47H45N9O6/c1-61-46(59)52-40(30-11-5-3-6-12-30)44(57)55-21-9-15-38(55)36-25-35-33(27-48-36)24-34(50-35)29-19-17-28(18-20-29)32-23-37-42(49-26-32)54-43(51-37)39-16-10-22-56(39)45(58)41(53-47(60)62-2)31-13-7-4-8-14-31/h3-8,11-14,17-20,23-27,38-41,50H,9-10,15-16,21-22H2,1-2H3,(H,52,59)(H,53,60)(H,49,51,54)/t38?,39-,40+,41+/m0/s1. The van der Waals surface area contributed by atoms with Crippen molar-refractivity contribution in [1.29, 1.82) is 0 Å². The van der Waals surface area contributed by atoms with Gasteiger partial charge in [0.15, 0.2) is 5.65 Å². The molecule has 3 aromatic carbocycles. The van der Waals surface area contributed by atoms with Crippen LogP contribution in [0.1, 0.15) is 72.5 Å². The minimum Gasteiger partial charge on any atom is -0.453 e. The molecule has 4 N–H and O–H groups in total. The molecule has 1 unspecified atom stereocenters. The molecule has 62 heavy (non-hydrogen) atoms. The molecule has 7 aromatic rings. The Morgan fingerprint density at radius 2 is 1.23 bits per heavy atom. The number of H-pyrrole nitrogens is 2. The topological polar surface area (TPSA) is 188 Å². The highest BCUT2D eigenvalue weighted by molar-refractivity contribution is 5.89. The maximum atomic E-state index is 14.0. The van der Waals surface area contributed by atoms with Gasteiger partial charge < -0.3 is 39.9 Å². The van der Waals surface area contributed by atoms with Crippen molar-refractivity contribution in [2.24, 2.45) is 0 Å². The molecule has 15 nitrogen and oxygen atoms in total. The van der Waals surface area contributed by atoms with Crippen LogP contribution in [0.4, 0.5) is 9.59 Å². The quantitative estimate of drug-likeness (QED) is 0.107. The molecule has 0 saturated carbocycles. The summed E-state index contributed by atoms with van der Waals surface area (Å²) in [6, 6.07) is 30.3. The number of aromatic nitrogens is 5. The van der Waals surface area contributed by atoms with Gasteiger partial charge in [-0.3, -0.25) is 14.6 Å². The van der Waals surface area contributed by atoms with Gasteiger partial charge in [0.2, 0.25) is 5.91 Å². The molecular formula is C47H45N9O6. The van der Waals surface area contributed by atoms with E-state index in [0.717, 1.165) is 70.2 Å². The van der Waals surface area contributed by atoms with Crippen molar-refractivity contribution < 1.29 is 28.7 Å². The predicted molar refractivity (Wildman–Crippen MR) is 231 cm³/mol. The monoisotopic (exact) mass is 831 g/mol. The number of ether oxygens (including phenoxy) is 2. The van der Waals surface area contributed by atoms with Crippen molar-refractivity contribution >= 4 is 46.1 Å². The van der Waals surface area contributed by atoms with E-state index >= 15 is 0 Å². The fraction of sp³-hybridized carbons (Fsp3) is 0.255. The Hall–Kier alpha value is -7.55. The number of carbonyl (C=O) groups is 4. The normalized spacial score (nSPS) is 17.2. The van der Waals surface area contributed by atoms with Crippen LogP contribution in [0.25, 0.3) is 44.5 Å². The zero-order chi connectivity index (χ0) is 42.7. The van der Waals surface area contributed by atoms with Gasteiger partial charge in [-0.2, -0.15) is 0 Å². The summed E-state index contributed by atoms with van der Waals surface area (Å²) in [5.74, 6) is 0.198. The van der Waals surface area contributed by atoms with Crippen LogP contribution in [0.3, 0.4) is 0 Å². The average Bonchev–Trinajstić information content (AvgIpc) is 4.16. The van der Waals surface area contributed by atoms with Gasteiger partial charge in [0.1, 0.15) is 17.9 Å². The molecule has 314 valence electrons. The maximum absolute atomic E-state index is 14.0. The smallest absolute Gasteiger partial charge is 0.407 e. The van der Waals surface area contributed by atoms with Gasteiger partial charge >= 0.3 is 12.2 Å². The molecule has 4 aromatic heterocycles. The van der Waals surface area contributed by atoms with E-state index in [1.807, 2.05) is 91.1 Å². The number of alkyl carbamates (subject to hydrolysis) is 2. The highest BCUT2D eigenvalue weighted by Crippen LogP contribution is 2.37. The first-order valence-electron chi connectivity index (χ1n) is 20.6. The Morgan fingerprint density at radius 3 is 1.84 bits per heavy atom. The average molecular weight is 832 g/mol. The number of likely N-dealkylation sites (tertiary alicyclic amines) is 2. The first-order valence-corrected chi connectivity index (χ1v) is 20.6. The Labute approximate surface area is 356 Å². The molecular weight excluding hydrogens is 787 g/mol. The number of nitrogens with one attached hydrogen (secondary N) is 4. The van der Waals surface area contributed by atoms with E-state index in [1.165, 1.54) is 14.2 Å². The number of carbonyl (C=O) groups excluding carboxylic acids is 4. The third kappa shape index (κ3) is 7.91. The Balaban J connectivity index is 0.910. The number of imidazole rings is 1. The zero-order valence-electron chi connectivity index (χ0n) is 34.2. The van der Waals surface area contributed by atoms with Gasteiger partial charge in [-0.05, 0) is 66.1 Å². The van der Waals surface area contributed by atoms with Gasteiger partial charge in [-0.1, -0.05) is 84.9 Å². The number of pyridine rings is 2. The van der Waals surface area contributed by atoms with E-state index < -0.39 is 24.3 Å². The molecule has 4 atom stereocenters. The van der Waals surface area contributed by atoms with Crippen LogP contribution >= 0.6 is 0 Å². The van der Waals surface area contributed by atoms with Gasteiger partial charge in [-0.25, -0.2) is 19.6 Å². The van der Waals surface area contributed by atoms with Crippen molar-refractivity contribution in [2.45, 2.75) is 49.9 Å². The van der Waals surface area contributed by atoms with Crippen LogP contribution in [0.15, 0.2) is 116 Å². The molecule has 2 saturated heterocycles. The summed E-state index contributed by atoms with van der Waals surface area (Å²) in [7, 11) is 2.56. The van der Waals surface area contributed by atoms with Crippen molar-refractivity contribution in [3.63, 3.8) is 0 Å². The minimum absolute atomic E-state index is 0.211. The number of hydrogen-bond acceptors (Lipinski definition) is 9. The summed E-state index contributed by atoms with van der Waals surface area (Å²) < 4.78 is 9.68. The highest BCUT2D eigenvalue weighted by Gasteiger charge is 2.38. The summed E-state index contributed by atoms with van der Waals surface area (Å²) >= 11 is 0. The Bertz CT molecular complexity index is 2650. The van der Waals surface area contributed by atoms with E-state index in [0.29, 0.717) is 35.7 Å². The van der Waals surface area contributed by atoms with Gasteiger partial charge in [0.05, 0.1) is 37.5 Å². The summed E-state index contributed by atoms with van der Waals surface area (Å²) in [6.45, 7) is 1.08. The Kier molecular flexibility index (Phi) is 11.1. The number of hydrogen-bond donors (Lipinski definition) is 4. The van der Waals surface area contributed by atoms with Crippen molar-refractivity contribution in [2.75, 3.05) is 27.3 Å². The van der Waals surface area contributed by atoms with E-state index in [2.05, 4.69) is 43.8 Å². The van der Waals surface area contributed by atoms with E-state index in [9.17, 15) is 19.2 Å². The summed E-state index contributed by atoms with van der Waals surface area (Å²) in [5.41, 5.74) is 8.12. The van der Waals surface area contributed by atoms with Crippen LogP contribution in [0, 0.1) is 0 Å². The second kappa shape index (κ2) is 17.2. The number of fused-ring (bicyclic) bond motifs is 2. The fourth-order valence-electron chi connectivity index (χ4n) is 8.66. The van der Waals surface area contributed by atoms with Gasteiger partial charge in [-0.15, -0.1) is 0 Å². The molecule has 2 aliphatic heterocycles. The lowest BCUT2D eigenvalue weighted by molar-refractivity contribution is -0.135. The molecule has 0 bridgehead atoms. The molecule has 2 fully saturated rings. The summed E-state index contributed by atoms with van der Waals surface area (Å²) in [4.78, 5) is 77.4. The number of nitrogens with zero attached hydrogens (tertiary/aromatic N) is 5. The lowest BCUT2D eigenvalue weighted by atomic mass is 10.0. The number of methoxy groups -OCH3 is 2. The minimum atomic E-state index is -0.905. The molecule has 0 spiro atoms. The zero-order valence-corrected chi connectivity index (χ0v) is 34.2. The maximum Gasteiger partial charge on any atom is 0.407 e. The molecule has 6 heterocycles. The lowest BCUT2D eigenvalue weighted by Crippen LogP contribution is -2.42. The lowest BCUT2D eigenvalue weighted by Gasteiger charge is -2.29. The van der Waals surface area contributed by atoms with Gasteiger partial charge in [0.25, 0.3) is 5.91 Å². The predicted octanol–water partition coefficient (Wildman–Crippen LogP) is 7.69. The van der Waals surface area contributed by atoms with E-state index in [4.69, 9.17) is 19.4 Å². The number of amides is 4. The van der Waals surface area contributed by atoms with E-state index in [1.54, 1.807) is 16.0 Å². The third-order valence-electron chi connectivity index (χ3n) is 11.8. The van der Waals surface area contributed by atoms with Crippen molar-refractivity contribution in [3.8, 4) is 22.4 Å². The second-order valence-electron chi connectivity index (χ2n) is 15.5. The molecule has 4 amide bonds. The highest BCUT2D eigenvalue weighted by atomic mass is 16.5. The van der Waals surface area contributed by atoms with E-state index in [-0.39, 0.29) is 23.9 Å². The van der Waals surface area contributed by atoms with Crippen molar-refractivity contribution in [3.05, 3.63) is 138 Å². The van der Waals surface area contributed by atoms with Crippen LogP contribution in [0.2, 0.25) is 0 Å². The first kappa shape index (κ1) is 39.9. The number of aromatic amines is 2. The van der Waals surface area contributed by atoms with Crippen LogP contribution < -0.4 is 10.6 Å². The summed E-state index contributed by atoms with van der Waals surface area (Å²) in [5, 5.41) is 6.38. The fourth-order valence-corrected chi connectivity index (χ4v) is 8.66. The molecule has 0 radical (unpaired) electrons. The Morgan fingerprint density at radius 1 is 0.645 bits per heavy atom. The SMILES string of the molecule is COC(=O)N[C@@H](C(=O)N1CCCC1c1cc2[nH]c(-c3ccc(-c4cnc5nc([C@@H]6CCCN6C(=O)[C@H](NC(=O)OC)c6ccccc6)[nH]c5c4)cc3)cc2cn1)c1ccccc1. The first-order chi connectivity index (χ1) is 30.3. The number of benzene rings is 3. The van der Waals surface area contributed by atoms with Crippen LogP contribution in [-0.4, -0.2) is 86.0 Å². The second-order valence-corrected chi connectivity index (χ2v) is 15.5.